The first-order valence-electron chi connectivity index (χ1n) is 8.10. The van der Waals surface area contributed by atoms with Crippen LogP contribution in [0.3, 0.4) is 0 Å². The van der Waals surface area contributed by atoms with Crippen molar-refractivity contribution < 1.29 is 4.39 Å². The van der Waals surface area contributed by atoms with E-state index in [0.717, 1.165) is 24.6 Å². The van der Waals surface area contributed by atoms with Crippen LogP contribution in [0.1, 0.15) is 45.6 Å². The third-order valence-electron chi connectivity index (χ3n) is 4.70. The molecule has 118 valence electrons. The minimum absolute atomic E-state index is 0.147. The molecule has 21 heavy (non-hydrogen) atoms. The molecular formula is C18H29FN2. The van der Waals surface area contributed by atoms with Gasteiger partial charge in [-0.1, -0.05) is 20.8 Å². The molecule has 0 spiro atoms. The van der Waals surface area contributed by atoms with Gasteiger partial charge in [0.1, 0.15) is 5.82 Å². The van der Waals surface area contributed by atoms with E-state index in [0.29, 0.717) is 12.0 Å². The maximum Gasteiger partial charge on any atom is 0.123 e. The highest BCUT2D eigenvalue weighted by atomic mass is 19.1. The summed E-state index contributed by atoms with van der Waals surface area (Å²) in [6.07, 6.45) is 3.74. The van der Waals surface area contributed by atoms with Gasteiger partial charge in [-0.3, -0.25) is 0 Å². The summed E-state index contributed by atoms with van der Waals surface area (Å²) in [6.45, 7) is 9.90. The Morgan fingerprint density at radius 1 is 1.24 bits per heavy atom. The molecule has 3 heteroatoms. The van der Waals surface area contributed by atoms with Crippen LogP contribution < -0.4 is 10.2 Å². The zero-order valence-electron chi connectivity index (χ0n) is 13.9. The van der Waals surface area contributed by atoms with Gasteiger partial charge in [-0.05, 0) is 61.4 Å². The molecular weight excluding hydrogens is 263 g/mol. The molecule has 1 aliphatic heterocycles. The van der Waals surface area contributed by atoms with E-state index < -0.39 is 0 Å². The van der Waals surface area contributed by atoms with Crippen molar-refractivity contribution in [1.82, 2.24) is 5.32 Å². The Hall–Kier alpha value is -1.09. The van der Waals surface area contributed by atoms with Crippen LogP contribution in [-0.2, 0) is 6.54 Å². The highest BCUT2D eigenvalue weighted by molar-refractivity contribution is 5.54. The lowest BCUT2D eigenvalue weighted by Crippen LogP contribution is -2.27. The van der Waals surface area contributed by atoms with Crippen LogP contribution in [-0.4, -0.2) is 20.1 Å². The monoisotopic (exact) mass is 292 g/mol. The molecule has 2 nitrogen and oxygen atoms in total. The molecule has 0 saturated carbocycles. The van der Waals surface area contributed by atoms with Crippen molar-refractivity contribution in [3.05, 3.63) is 29.6 Å². The molecule has 1 fully saturated rings. The highest BCUT2D eigenvalue weighted by Gasteiger charge is 2.27. The molecule has 1 aromatic rings. The number of anilines is 1. The second-order valence-electron chi connectivity index (χ2n) is 7.28. The van der Waals surface area contributed by atoms with E-state index in [4.69, 9.17) is 0 Å². The minimum atomic E-state index is -0.147. The van der Waals surface area contributed by atoms with Gasteiger partial charge in [-0.2, -0.15) is 0 Å². The van der Waals surface area contributed by atoms with Crippen molar-refractivity contribution in [3.8, 4) is 0 Å². The first-order valence-corrected chi connectivity index (χ1v) is 8.10. The molecule has 1 aromatic carbocycles. The normalized spacial score (nSPS) is 20.4. The van der Waals surface area contributed by atoms with Gasteiger partial charge >= 0.3 is 0 Å². The standard InChI is InChI=1S/C18H29FN2/c1-18(2,3)15-6-5-10-21(11-9-15)17-8-7-16(19)12-14(17)13-20-4/h7-8,12,15,20H,5-6,9-11,13H2,1-4H3. The maximum atomic E-state index is 13.5. The molecule has 2 rings (SSSR count). The summed E-state index contributed by atoms with van der Waals surface area (Å²) in [5.74, 6) is 0.627. The first kappa shape index (κ1) is 16.3. The Labute approximate surface area is 128 Å². The van der Waals surface area contributed by atoms with Gasteiger partial charge in [0.15, 0.2) is 0 Å². The molecule has 1 heterocycles. The van der Waals surface area contributed by atoms with Gasteiger partial charge in [-0.15, -0.1) is 0 Å². The van der Waals surface area contributed by atoms with Crippen LogP contribution in [0.2, 0.25) is 0 Å². The maximum absolute atomic E-state index is 13.5. The summed E-state index contributed by atoms with van der Waals surface area (Å²) in [7, 11) is 1.91. The SMILES string of the molecule is CNCc1cc(F)ccc1N1CCCC(C(C)(C)C)CC1. The molecule has 0 aliphatic carbocycles. The number of hydrogen-bond acceptors (Lipinski definition) is 2. The number of hydrogen-bond donors (Lipinski definition) is 1. The summed E-state index contributed by atoms with van der Waals surface area (Å²) >= 11 is 0. The zero-order valence-corrected chi connectivity index (χ0v) is 13.9. The highest BCUT2D eigenvalue weighted by Crippen LogP contribution is 2.35. The van der Waals surface area contributed by atoms with Gasteiger partial charge < -0.3 is 10.2 Å². The molecule has 0 radical (unpaired) electrons. The lowest BCUT2D eigenvalue weighted by atomic mass is 9.77. The lowest BCUT2D eigenvalue weighted by Gasteiger charge is -2.30. The fourth-order valence-corrected chi connectivity index (χ4v) is 3.40. The Balaban J connectivity index is 2.15. The zero-order chi connectivity index (χ0) is 15.5. The molecule has 1 unspecified atom stereocenters. The number of rotatable bonds is 3. The van der Waals surface area contributed by atoms with E-state index >= 15 is 0 Å². The van der Waals surface area contributed by atoms with E-state index in [9.17, 15) is 4.39 Å². The van der Waals surface area contributed by atoms with Crippen molar-refractivity contribution in [2.75, 3.05) is 25.0 Å². The number of benzene rings is 1. The first-order chi connectivity index (χ1) is 9.91. The van der Waals surface area contributed by atoms with Crippen LogP contribution in [0.25, 0.3) is 0 Å². The second kappa shape index (κ2) is 6.78. The summed E-state index contributed by atoms with van der Waals surface area (Å²) in [5.41, 5.74) is 2.64. The van der Waals surface area contributed by atoms with Crippen molar-refractivity contribution in [1.29, 1.82) is 0 Å². The minimum Gasteiger partial charge on any atom is -0.371 e. The summed E-state index contributed by atoms with van der Waals surface area (Å²) < 4.78 is 13.5. The quantitative estimate of drug-likeness (QED) is 0.898. The van der Waals surface area contributed by atoms with E-state index in [1.165, 1.54) is 24.9 Å². The predicted molar refractivity (Wildman–Crippen MR) is 88.2 cm³/mol. The molecule has 1 aliphatic rings. The summed E-state index contributed by atoms with van der Waals surface area (Å²) in [4.78, 5) is 2.44. The van der Waals surface area contributed by atoms with Crippen molar-refractivity contribution in [3.63, 3.8) is 0 Å². The van der Waals surface area contributed by atoms with Crippen LogP contribution in [0.5, 0.6) is 0 Å². The fourth-order valence-electron chi connectivity index (χ4n) is 3.40. The molecule has 0 bridgehead atoms. The van der Waals surface area contributed by atoms with E-state index in [-0.39, 0.29) is 5.82 Å². The lowest BCUT2D eigenvalue weighted by molar-refractivity contribution is 0.220. The van der Waals surface area contributed by atoms with Crippen LogP contribution in [0, 0.1) is 17.2 Å². The largest absolute Gasteiger partial charge is 0.371 e. The van der Waals surface area contributed by atoms with Crippen molar-refractivity contribution in [2.45, 2.75) is 46.6 Å². The predicted octanol–water partition coefficient (Wildman–Crippen LogP) is 4.20. The average molecular weight is 292 g/mol. The van der Waals surface area contributed by atoms with E-state index in [1.807, 2.05) is 13.1 Å². The Kier molecular flexibility index (Phi) is 5.26. The topological polar surface area (TPSA) is 15.3 Å². The average Bonchev–Trinajstić information content (AvgIpc) is 2.64. The van der Waals surface area contributed by atoms with Gasteiger partial charge in [0.2, 0.25) is 0 Å². The van der Waals surface area contributed by atoms with E-state index in [2.05, 4.69) is 31.0 Å². The Morgan fingerprint density at radius 2 is 2.00 bits per heavy atom. The van der Waals surface area contributed by atoms with Crippen molar-refractivity contribution >= 4 is 5.69 Å². The van der Waals surface area contributed by atoms with E-state index in [1.54, 1.807) is 12.1 Å². The van der Waals surface area contributed by atoms with Crippen LogP contribution in [0.4, 0.5) is 10.1 Å². The van der Waals surface area contributed by atoms with Gasteiger partial charge in [0.25, 0.3) is 0 Å². The Bertz CT molecular complexity index is 465. The summed E-state index contributed by atoms with van der Waals surface area (Å²) in [5, 5.41) is 3.15. The molecule has 0 amide bonds. The Morgan fingerprint density at radius 3 is 2.67 bits per heavy atom. The summed E-state index contributed by atoms with van der Waals surface area (Å²) in [6, 6.07) is 5.19. The number of halogens is 1. The third-order valence-corrected chi connectivity index (χ3v) is 4.70. The van der Waals surface area contributed by atoms with Gasteiger partial charge in [0.05, 0.1) is 0 Å². The van der Waals surface area contributed by atoms with Gasteiger partial charge in [-0.25, -0.2) is 4.39 Å². The number of nitrogens with zero attached hydrogens (tertiary/aromatic N) is 1. The fraction of sp³-hybridized carbons (Fsp3) is 0.667. The third kappa shape index (κ3) is 4.19. The smallest absolute Gasteiger partial charge is 0.123 e. The molecule has 0 aromatic heterocycles. The molecule has 1 saturated heterocycles. The molecule has 1 N–H and O–H groups in total. The number of nitrogens with one attached hydrogen (secondary N) is 1. The van der Waals surface area contributed by atoms with Gasteiger partial charge in [0, 0.05) is 25.3 Å². The van der Waals surface area contributed by atoms with Crippen molar-refractivity contribution in [2.24, 2.45) is 11.3 Å². The second-order valence-corrected chi connectivity index (χ2v) is 7.28. The van der Waals surface area contributed by atoms with Crippen LogP contribution in [0.15, 0.2) is 18.2 Å². The van der Waals surface area contributed by atoms with Crippen LogP contribution >= 0.6 is 0 Å². The molecule has 1 atom stereocenters.